The van der Waals surface area contributed by atoms with Gasteiger partial charge in [0.15, 0.2) is 0 Å². The predicted octanol–water partition coefficient (Wildman–Crippen LogP) is 2.64. The van der Waals surface area contributed by atoms with Crippen molar-refractivity contribution in [2.75, 3.05) is 0 Å². The third-order valence-electron chi connectivity index (χ3n) is 4.51. The second-order valence-electron chi connectivity index (χ2n) is 6.79. The van der Waals surface area contributed by atoms with Gasteiger partial charge in [0.25, 0.3) is 5.56 Å². The quantitative estimate of drug-likeness (QED) is 0.576. The van der Waals surface area contributed by atoms with E-state index in [9.17, 15) is 14.4 Å². The number of pyridine rings is 1. The molecule has 1 atom stereocenters. The molecule has 0 radical (unpaired) electrons. The minimum absolute atomic E-state index is 0.0612. The second kappa shape index (κ2) is 7.37. The van der Waals surface area contributed by atoms with Crippen LogP contribution in [0.15, 0.2) is 83.9 Å². The van der Waals surface area contributed by atoms with Crippen LogP contribution in [0.4, 0.5) is 0 Å². The summed E-state index contributed by atoms with van der Waals surface area (Å²) in [5.41, 5.74) is 5.49. The molecule has 0 aliphatic rings. The Bertz CT molecular complexity index is 1410. The van der Waals surface area contributed by atoms with Crippen molar-refractivity contribution in [2.24, 2.45) is 5.73 Å². The first-order valence-electron chi connectivity index (χ1n) is 9.08. The summed E-state index contributed by atoms with van der Waals surface area (Å²) in [5.74, 6) is 0. The summed E-state index contributed by atoms with van der Waals surface area (Å²) in [6, 6.07) is 15.6. The van der Waals surface area contributed by atoms with Gasteiger partial charge in [0.05, 0.1) is 10.9 Å². The zero-order valence-corrected chi connectivity index (χ0v) is 15.6. The molecule has 2 aromatic heterocycles. The summed E-state index contributed by atoms with van der Waals surface area (Å²) in [7, 11) is 0. The number of rotatable bonds is 3. The van der Waals surface area contributed by atoms with Crippen molar-refractivity contribution in [3.05, 3.63) is 91.9 Å². The number of aromatic nitrogens is 1. The summed E-state index contributed by atoms with van der Waals surface area (Å²) >= 11 is 0. The fourth-order valence-corrected chi connectivity index (χ4v) is 3.37. The Labute approximate surface area is 164 Å². The maximum atomic E-state index is 13.3. The molecule has 29 heavy (non-hydrogen) atoms. The molecular formula is C22H18N2O5. The van der Waals surface area contributed by atoms with Gasteiger partial charge in [-0.2, -0.15) is 0 Å². The first-order valence-corrected chi connectivity index (χ1v) is 9.08. The van der Waals surface area contributed by atoms with E-state index in [4.69, 9.17) is 14.6 Å². The zero-order chi connectivity index (χ0) is 20.5. The van der Waals surface area contributed by atoms with E-state index < -0.39 is 11.3 Å². The first-order chi connectivity index (χ1) is 14.0. The molecule has 0 saturated heterocycles. The van der Waals surface area contributed by atoms with Crippen molar-refractivity contribution in [1.29, 1.82) is 0 Å². The maximum Gasteiger partial charge on any atom is 0.337 e. The molecule has 146 valence electrons. The smallest absolute Gasteiger partial charge is 0.337 e. The zero-order valence-electron chi connectivity index (χ0n) is 15.6. The Morgan fingerprint density at radius 1 is 0.897 bits per heavy atom. The fourth-order valence-electron chi connectivity index (χ4n) is 3.37. The number of hydrogen-bond donors (Lipinski definition) is 1. The SMILES string of the molecule is CC(N)Cn1c(=O)c2cccc3oc(=O)ccc(=O)oc1c(-c1ccccc1)c32. The lowest BCUT2D eigenvalue weighted by Gasteiger charge is -2.16. The van der Waals surface area contributed by atoms with Crippen LogP contribution in [0.3, 0.4) is 0 Å². The minimum Gasteiger partial charge on any atom is -0.423 e. The monoisotopic (exact) mass is 390 g/mol. The van der Waals surface area contributed by atoms with Gasteiger partial charge >= 0.3 is 11.3 Å². The predicted molar refractivity (Wildman–Crippen MR) is 111 cm³/mol. The molecule has 7 nitrogen and oxygen atoms in total. The van der Waals surface area contributed by atoms with Gasteiger partial charge in [-0.05, 0) is 24.6 Å². The highest BCUT2D eigenvalue weighted by molar-refractivity contribution is 6.09. The van der Waals surface area contributed by atoms with Gasteiger partial charge in [-0.15, -0.1) is 0 Å². The average molecular weight is 390 g/mol. The van der Waals surface area contributed by atoms with Crippen LogP contribution in [-0.2, 0) is 6.54 Å². The van der Waals surface area contributed by atoms with Crippen LogP contribution in [0.1, 0.15) is 6.92 Å². The van der Waals surface area contributed by atoms with Crippen molar-refractivity contribution >= 4 is 22.1 Å². The Morgan fingerprint density at radius 3 is 2.28 bits per heavy atom. The van der Waals surface area contributed by atoms with Crippen LogP contribution >= 0.6 is 0 Å². The summed E-state index contributed by atoms with van der Waals surface area (Å²) in [4.78, 5) is 37.7. The van der Waals surface area contributed by atoms with Gasteiger partial charge in [-0.25, -0.2) is 9.59 Å². The van der Waals surface area contributed by atoms with E-state index >= 15 is 0 Å². The van der Waals surface area contributed by atoms with Crippen molar-refractivity contribution in [3.8, 4) is 11.1 Å². The van der Waals surface area contributed by atoms with Crippen LogP contribution in [0.2, 0.25) is 0 Å². The maximum absolute atomic E-state index is 13.3. The van der Waals surface area contributed by atoms with Crippen LogP contribution in [-0.4, -0.2) is 10.6 Å². The Balaban J connectivity index is 2.41. The number of nitrogens with two attached hydrogens (primary N) is 1. The van der Waals surface area contributed by atoms with Gasteiger partial charge in [0.2, 0.25) is 5.71 Å². The van der Waals surface area contributed by atoms with E-state index in [0.29, 0.717) is 21.9 Å². The summed E-state index contributed by atoms with van der Waals surface area (Å²) in [5, 5.41) is 0.732. The van der Waals surface area contributed by atoms with Crippen molar-refractivity contribution in [2.45, 2.75) is 19.5 Å². The molecule has 2 heterocycles. The third-order valence-corrected chi connectivity index (χ3v) is 4.51. The van der Waals surface area contributed by atoms with E-state index in [1.807, 2.05) is 30.3 Å². The second-order valence-corrected chi connectivity index (χ2v) is 6.79. The molecule has 4 aromatic rings. The van der Waals surface area contributed by atoms with Crippen molar-refractivity contribution in [1.82, 2.24) is 4.57 Å². The van der Waals surface area contributed by atoms with E-state index in [1.54, 1.807) is 25.1 Å². The molecule has 0 saturated carbocycles. The Morgan fingerprint density at radius 2 is 1.59 bits per heavy atom. The van der Waals surface area contributed by atoms with Crippen LogP contribution in [0.25, 0.3) is 33.2 Å². The molecule has 0 amide bonds. The standard InChI is InChI=1S/C22H18N2O5/c1-13(23)12-24-21(27)15-8-5-9-16-20(15)19(14-6-3-2-4-7-14)22(24)29-18(26)11-10-17(25)28-16/h2-11,13H,12,23H2,1H3. The lowest BCUT2D eigenvalue weighted by Crippen LogP contribution is -2.30. The lowest BCUT2D eigenvalue weighted by atomic mass is 9.99. The van der Waals surface area contributed by atoms with E-state index in [-0.39, 0.29) is 29.4 Å². The van der Waals surface area contributed by atoms with Crippen LogP contribution in [0, 0.1) is 0 Å². The normalized spacial score (nSPS) is 12.2. The Kier molecular flexibility index (Phi) is 4.74. The highest BCUT2D eigenvalue weighted by atomic mass is 16.4. The van der Waals surface area contributed by atoms with Crippen molar-refractivity contribution < 1.29 is 8.83 Å². The molecule has 0 aliphatic heterocycles. The first kappa shape index (κ1) is 18.6. The fraction of sp³-hybridized carbons (Fsp3) is 0.136. The Hall–Kier alpha value is -3.71. The van der Waals surface area contributed by atoms with Crippen molar-refractivity contribution in [3.63, 3.8) is 0 Å². The molecule has 2 N–H and O–H groups in total. The summed E-state index contributed by atoms with van der Waals surface area (Å²) in [6.07, 6.45) is 0. The van der Waals surface area contributed by atoms with Gasteiger partial charge < -0.3 is 14.6 Å². The van der Waals surface area contributed by atoms with E-state index in [0.717, 1.165) is 12.1 Å². The third kappa shape index (κ3) is 3.43. The van der Waals surface area contributed by atoms with Crippen LogP contribution < -0.4 is 22.5 Å². The van der Waals surface area contributed by atoms with Gasteiger partial charge in [0.1, 0.15) is 5.58 Å². The molecular weight excluding hydrogens is 372 g/mol. The summed E-state index contributed by atoms with van der Waals surface area (Å²) < 4.78 is 12.4. The molecule has 0 aliphatic carbocycles. The average Bonchev–Trinajstić information content (AvgIpc) is 2.70. The highest BCUT2D eigenvalue weighted by Crippen LogP contribution is 2.33. The molecule has 0 fully saturated rings. The molecule has 7 heteroatoms. The molecule has 0 spiro atoms. The number of hydrogen-bond acceptors (Lipinski definition) is 6. The van der Waals surface area contributed by atoms with Gasteiger partial charge in [-0.1, -0.05) is 36.4 Å². The largest absolute Gasteiger partial charge is 0.423 e. The molecule has 2 bridgehead atoms. The molecule has 4 rings (SSSR count). The number of fused-ring (bicyclic) bond motifs is 1. The molecule has 2 aromatic carbocycles. The number of benzene rings is 2. The topological polar surface area (TPSA) is 108 Å². The highest BCUT2D eigenvalue weighted by Gasteiger charge is 2.20. The van der Waals surface area contributed by atoms with Crippen LogP contribution in [0.5, 0.6) is 0 Å². The molecule has 1 unspecified atom stereocenters. The number of nitrogens with zero attached hydrogens (tertiary/aromatic N) is 1. The van der Waals surface area contributed by atoms with Gasteiger partial charge in [-0.3, -0.25) is 9.36 Å². The minimum atomic E-state index is -0.796. The summed E-state index contributed by atoms with van der Waals surface area (Å²) in [6.45, 7) is 1.90. The lowest BCUT2D eigenvalue weighted by molar-refractivity contribution is 0.493. The van der Waals surface area contributed by atoms with E-state index in [1.165, 1.54) is 4.57 Å². The van der Waals surface area contributed by atoms with E-state index in [2.05, 4.69) is 0 Å². The van der Waals surface area contributed by atoms with Gasteiger partial charge in [0, 0.05) is 30.1 Å².